The number of aryl methyl sites for hydroxylation is 2. The third kappa shape index (κ3) is 2.85. The second-order valence-electron chi connectivity index (χ2n) is 6.40. The van der Waals surface area contributed by atoms with Crippen LogP contribution in [0.2, 0.25) is 0 Å². The minimum Gasteiger partial charge on any atom is -0.465 e. The van der Waals surface area contributed by atoms with Crippen molar-refractivity contribution in [3.63, 3.8) is 0 Å². The molecule has 1 aromatic heterocycles. The van der Waals surface area contributed by atoms with Crippen LogP contribution >= 0.6 is 12.4 Å². The van der Waals surface area contributed by atoms with E-state index in [0.29, 0.717) is 19.0 Å². The van der Waals surface area contributed by atoms with Crippen LogP contribution in [0.4, 0.5) is 0 Å². The Bertz CT molecular complexity index is 745. The normalized spacial score (nSPS) is 26.9. The molecule has 1 saturated carbocycles. The Hall–Kier alpha value is -1.09. The zero-order valence-electron chi connectivity index (χ0n) is 13.9. The Labute approximate surface area is 148 Å². The lowest BCUT2D eigenvalue weighted by molar-refractivity contribution is 0.0594. The number of nitrogens with two attached hydrogens (primary N) is 1. The topological polar surface area (TPSA) is 103 Å². The van der Waals surface area contributed by atoms with Crippen molar-refractivity contribution in [3.8, 4) is 0 Å². The molecule has 2 N–H and O–H groups in total. The average molecular weight is 379 g/mol. The van der Waals surface area contributed by atoms with E-state index in [1.807, 2.05) is 0 Å². The predicted octanol–water partition coefficient (Wildman–Crippen LogP) is 1.46. The summed E-state index contributed by atoms with van der Waals surface area (Å²) < 4.78 is 37.7. The number of nitrogens with zero attached hydrogens (tertiary/aromatic N) is 1. The van der Waals surface area contributed by atoms with Crippen molar-refractivity contribution in [2.75, 3.05) is 20.2 Å². The van der Waals surface area contributed by atoms with Crippen LogP contribution in [0.15, 0.2) is 9.31 Å². The summed E-state index contributed by atoms with van der Waals surface area (Å²) in [6, 6.07) is 0.0486. The molecule has 3 unspecified atom stereocenters. The number of hydrogen-bond donors (Lipinski definition) is 1. The van der Waals surface area contributed by atoms with Crippen molar-refractivity contribution < 1.29 is 22.4 Å². The fourth-order valence-corrected chi connectivity index (χ4v) is 5.81. The molecule has 0 radical (unpaired) electrons. The van der Waals surface area contributed by atoms with Gasteiger partial charge in [-0.05, 0) is 38.5 Å². The van der Waals surface area contributed by atoms with Crippen LogP contribution in [0, 0.1) is 25.7 Å². The minimum atomic E-state index is -3.82. The Morgan fingerprint density at radius 2 is 1.92 bits per heavy atom. The van der Waals surface area contributed by atoms with E-state index in [2.05, 4.69) is 0 Å². The average Bonchev–Trinajstić information content (AvgIpc) is 3.13. The van der Waals surface area contributed by atoms with Crippen molar-refractivity contribution in [1.29, 1.82) is 0 Å². The SMILES string of the molecule is COC(=O)c1c(C)oc(C)c1S(=O)(=O)N1CC2CCC(N)C2C1.Cl. The number of rotatable bonds is 3. The molecule has 1 aliphatic heterocycles. The zero-order valence-corrected chi connectivity index (χ0v) is 15.6. The molecule has 0 spiro atoms. The first kappa shape index (κ1) is 19.2. The number of esters is 1. The van der Waals surface area contributed by atoms with Gasteiger partial charge in [0.05, 0.1) is 7.11 Å². The fraction of sp³-hybridized carbons (Fsp3) is 0.667. The van der Waals surface area contributed by atoms with E-state index in [9.17, 15) is 13.2 Å². The summed E-state index contributed by atoms with van der Waals surface area (Å²) in [5.74, 6) is 0.261. The van der Waals surface area contributed by atoms with Gasteiger partial charge < -0.3 is 14.9 Å². The number of furan rings is 1. The standard InChI is InChI=1S/C15H22N2O5S.ClH/c1-8-13(15(18)21-3)14(9(2)22-8)23(19,20)17-6-10-4-5-12(16)11(10)7-17;/h10-12H,4-7,16H2,1-3H3;1H. The van der Waals surface area contributed by atoms with Gasteiger partial charge in [-0.2, -0.15) is 4.31 Å². The summed E-state index contributed by atoms with van der Waals surface area (Å²) >= 11 is 0. The summed E-state index contributed by atoms with van der Waals surface area (Å²) in [6.07, 6.45) is 1.89. The largest absolute Gasteiger partial charge is 0.465 e. The van der Waals surface area contributed by atoms with E-state index in [4.69, 9.17) is 14.9 Å². The number of halogens is 1. The number of methoxy groups -OCH3 is 1. The summed E-state index contributed by atoms with van der Waals surface area (Å²) in [5, 5.41) is 0. The van der Waals surface area contributed by atoms with Gasteiger partial charge in [0, 0.05) is 19.1 Å². The van der Waals surface area contributed by atoms with Gasteiger partial charge in [0.2, 0.25) is 10.0 Å². The Morgan fingerprint density at radius 3 is 2.50 bits per heavy atom. The van der Waals surface area contributed by atoms with Gasteiger partial charge in [-0.3, -0.25) is 0 Å². The molecule has 136 valence electrons. The van der Waals surface area contributed by atoms with Crippen molar-refractivity contribution >= 4 is 28.4 Å². The molecule has 3 atom stereocenters. The third-order valence-electron chi connectivity index (χ3n) is 5.07. The van der Waals surface area contributed by atoms with Crippen molar-refractivity contribution in [1.82, 2.24) is 4.31 Å². The van der Waals surface area contributed by atoms with Crippen LogP contribution in [0.1, 0.15) is 34.7 Å². The Kier molecular flexibility index (Phi) is 5.34. The lowest BCUT2D eigenvalue weighted by atomic mass is 9.98. The highest BCUT2D eigenvalue weighted by Crippen LogP contribution is 2.40. The highest BCUT2D eigenvalue weighted by molar-refractivity contribution is 7.89. The zero-order chi connectivity index (χ0) is 16.9. The third-order valence-corrected chi connectivity index (χ3v) is 7.06. The van der Waals surface area contributed by atoms with E-state index in [1.54, 1.807) is 13.8 Å². The second-order valence-corrected chi connectivity index (χ2v) is 8.27. The van der Waals surface area contributed by atoms with Gasteiger partial charge in [0.25, 0.3) is 0 Å². The smallest absolute Gasteiger partial charge is 0.342 e. The molecule has 0 aromatic carbocycles. The van der Waals surface area contributed by atoms with Crippen LogP contribution in [-0.4, -0.2) is 44.9 Å². The fourth-order valence-electron chi connectivity index (χ4n) is 3.90. The summed E-state index contributed by atoms with van der Waals surface area (Å²) in [6.45, 7) is 3.96. The van der Waals surface area contributed by atoms with Gasteiger partial charge in [0.15, 0.2) is 0 Å². The Morgan fingerprint density at radius 1 is 1.25 bits per heavy atom. The molecular formula is C15H23ClN2O5S. The maximum atomic E-state index is 13.1. The number of ether oxygens (including phenoxy) is 1. The maximum Gasteiger partial charge on any atom is 0.342 e. The molecule has 1 aliphatic carbocycles. The quantitative estimate of drug-likeness (QED) is 0.799. The minimum absolute atomic E-state index is 0. The van der Waals surface area contributed by atoms with Crippen LogP contribution in [-0.2, 0) is 14.8 Å². The van der Waals surface area contributed by atoms with Gasteiger partial charge in [-0.25, -0.2) is 13.2 Å². The molecule has 24 heavy (non-hydrogen) atoms. The van der Waals surface area contributed by atoms with Gasteiger partial charge >= 0.3 is 5.97 Å². The lowest BCUT2D eigenvalue weighted by Gasteiger charge is -2.18. The molecular weight excluding hydrogens is 356 g/mol. The number of sulfonamides is 1. The monoisotopic (exact) mass is 378 g/mol. The number of fused-ring (bicyclic) bond motifs is 1. The van der Waals surface area contributed by atoms with E-state index >= 15 is 0 Å². The summed E-state index contributed by atoms with van der Waals surface area (Å²) in [5.41, 5.74) is 6.08. The maximum absolute atomic E-state index is 13.1. The molecule has 1 saturated heterocycles. The first-order valence-corrected chi connectivity index (χ1v) is 9.15. The van der Waals surface area contributed by atoms with E-state index in [1.165, 1.54) is 11.4 Å². The van der Waals surface area contributed by atoms with E-state index in [0.717, 1.165) is 12.8 Å². The van der Waals surface area contributed by atoms with Crippen molar-refractivity contribution in [2.24, 2.45) is 17.6 Å². The molecule has 2 fully saturated rings. The first-order chi connectivity index (χ1) is 10.8. The summed E-state index contributed by atoms with van der Waals surface area (Å²) in [4.78, 5) is 11.9. The van der Waals surface area contributed by atoms with Crippen molar-refractivity contribution in [2.45, 2.75) is 37.6 Å². The highest BCUT2D eigenvalue weighted by atomic mass is 35.5. The van der Waals surface area contributed by atoms with Gasteiger partial charge in [-0.1, -0.05) is 0 Å². The van der Waals surface area contributed by atoms with E-state index < -0.39 is 16.0 Å². The van der Waals surface area contributed by atoms with Crippen LogP contribution in [0.3, 0.4) is 0 Å². The number of carbonyl (C=O) groups is 1. The predicted molar refractivity (Wildman–Crippen MR) is 89.7 cm³/mol. The second kappa shape index (κ2) is 6.67. The Balaban J connectivity index is 0.00000208. The van der Waals surface area contributed by atoms with Gasteiger partial charge in [-0.15, -0.1) is 12.4 Å². The molecule has 2 aliphatic rings. The van der Waals surface area contributed by atoms with Crippen molar-refractivity contribution in [3.05, 3.63) is 17.1 Å². The highest BCUT2D eigenvalue weighted by Gasteiger charge is 2.47. The van der Waals surface area contributed by atoms with Gasteiger partial charge in [0.1, 0.15) is 22.0 Å². The molecule has 0 amide bonds. The van der Waals surface area contributed by atoms with Crippen LogP contribution < -0.4 is 5.73 Å². The molecule has 3 rings (SSSR count). The van der Waals surface area contributed by atoms with Crippen LogP contribution in [0.5, 0.6) is 0 Å². The van der Waals surface area contributed by atoms with Crippen LogP contribution in [0.25, 0.3) is 0 Å². The number of hydrogen-bond acceptors (Lipinski definition) is 6. The lowest BCUT2D eigenvalue weighted by Crippen LogP contribution is -2.34. The van der Waals surface area contributed by atoms with E-state index in [-0.39, 0.29) is 46.3 Å². The first-order valence-electron chi connectivity index (χ1n) is 7.71. The molecule has 7 nitrogen and oxygen atoms in total. The number of carbonyl (C=O) groups excluding carboxylic acids is 1. The molecule has 9 heteroatoms. The molecule has 1 aromatic rings. The summed E-state index contributed by atoms with van der Waals surface area (Å²) in [7, 11) is -2.59. The molecule has 0 bridgehead atoms. The molecule has 2 heterocycles.